The first-order chi connectivity index (χ1) is 15.1. The second-order valence-electron chi connectivity index (χ2n) is 8.57. The van der Waals surface area contributed by atoms with E-state index in [2.05, 4.69) is 72.7 Å². The molecule has 158 valence electrons. The summed E-state index contributed by atoms with van der Waals surface area (Å²) in [5.74, 6) is 0.618. The van der Waals surface area contributed by atoms with Crippen LogP contribution in [0.15, 0.2) is 60.7 Å². The molecule has 0 aliphatic carbocycles. The topological polar surface area (TPSA) is 56.4 Å². The average molecular weight is 413 g/mol. The van der Waals surface area contributed by atoms with Gasteiger partial charge in [0.25, 0.3) is 5.91 Å². The number of benzene rings is 3. The average Bonchev–Trinajstić information content (AvgIpc) is 3.29. The van der Waals surface area contributed by atoms with Gasteiger partial charge in [0.05, 0.1) is 11.4 Å². The third kappa shape index (κ3) is 3.77. The van der Waals surface area contributed by atoms with Gasteiger partial charge in [-0.15, -0.1) is 5.53 Å². The zero-order valence-electron chi connectivity index (χ0n) is 18.0. The van der Waals surface area contributed by atoms with Crippen LogP contribution in [-0.2, 0) is 0 Å². The molecule has 1 saturated heterocycles. The maximum absolute atomic E-state index is 13.0. The highest BCUT2D eigenvalue weighted by atomic mass is 16.2. The van der Waals surface area contributed by atoms with E-state index >= 15 is 0 Å². The molecule has 2 heterocycles. The summed E-state index contributed by atoms with van der Waals surface area (Å²) >= 11 is 0. The van der Waals surface area contributed by atoms with E-state index < -0.39 is 0 Å². The number of anilines is 2. The largest absolute Gasteiger partial charge is 0.339 e. The zero-order valence-corrected chi connectivity index (χ0v) is 18.0. The fourth-order valence-corrected chi connectivity index (χ4v) is 4.65. The quantitative estimate of drug-likeness (QED) is 0.550. The van der Waals surface area contributed by atoms with Crippen molar-refractivity contribution in [3.05, 3.63) is 82.9 Å². The molecule has 5 heteroatoms. The Morgan fingerprint density at radius 1 is 0.903 bits per heavy atom. The smallest absolute Gasteiger partial charge is 0.253 e. The van der Waals surface area contributed by atoms with Crippen molar-refractivity contribution in [3.8, 4) is 11.1 Å². The van der Waals surface area contributed by atoms with Crippen LogP contribution in [0.4, 0.5) is 11.4 Å². The van der Waals surface area contributed by atoms with Gasteiger partial charge in [0.1, 0.15) is 0 Å². The number of rotatable bonds is 3. The number of aryl methyl sites for hydroxylation is 1. The number of piperidine rings is 1. The Labute approximate surface area is 183 Å². The highest BCUT2D eigenvalue weighted by Crippen LogP contribution is 2.32. The van der Waals surface area contributed by atoms with E-state index in [0.717, 1.165) is 42.9 Å². The first-order valence-electron chi connectivity index (χ1n) is 11.0. The van der Waals surface area contributed by atoms with Crippen LogP contribution in [0.2, 0.25) is 0 Å². The first-order valence-corrected chi connectivity index (χ1v) is 11.0. The highest BCUT2D eigenvalue weighted by Gasteiger charge is 2.25. The molecule has 31 heavy (non-hydrogen) atoms. The summed E-state index contributed by atoms with van der Waals surface area (Å²) in [5.41, 5.74) is 18.1. The molecule has 0 unspecified atom stereocenters. The second kappa shape index (κ2) is 8.08. The lowest BCUT2D eigenvalue weighted by Gasteiger charge is -2.32. The molecular formula is C26H28N4O. The molecule has 3 aromatic rings. The Hall–Kier alpha value is -3.31. The minimum Gasteiger partial charge on any atom is -0.339 e. The highest BCUT2D eigenvalue weighted by molar-refractivity contribution is 5.96. The Balaban J connectivity index is 1.24. The Kier molecular flexibility index (Phi) is 5.12. The molecule has 1 amide bonds. The summed E-state index contributed by atoms with van der Waals surface area (Å²) in [7, 11) is 0. The molecule has 0 radical (unpaired) electrons. The number of nitrogens with zero attached hydrogens (tertiary/aromatic N) is 1. The van der Waals surface area contributed by atoms with Crippen LogP contribution in [0.3, 0.4) is 0 Å². The maximum Gasteiger partial charge on any atom is 0.253 e. The van der Waals surface area contributed by atoms with Crippen LogP contribution < -0.4 is 16.4 Å². The molecular weight excluding hydrogens is 384 g/mol. The lowest BCUT2D eigenvalue weighted by Crippen LogP contribution is -2.37. The van der Waals surface area contributed by atoms with E-state index in [0.29, 0.717) is 5.92 Å². The number of carbonyl (C=O) groups excluding carboxylic acids is 1. The lowest BCUT2D eigenvalue weighted by molar-refractivity contribution is 0.0713. The number of likely N-dealkylation sites (tertiary alicyclic amines) is 1. The molecule has 0 atom stereocenters. The number of fused-ring (bicyclic) bond motifs is 1. The number of hydrogen-bond donors (Lipinski definition) is 3. The fourth-order valence-electron chi connectivity index (χ4n) is 4.65. The van der Waals surface area contributed by atoms with Crippen molar-refractivity contribution in [2.45, 2.75) is 32.6 Å². The summed E-state index contributed by atoms with van der Waals surface area (Å²) in [6, 6.07) is 21.2. The van der Waals surface area contributed by atoms with Crippen molar-refractivity contribution in [1.82, 2.24) is 10.4 Å². The van der Waals surface area contributed by atoms with Gasteiger partial charge in [-0.25, -0.2) is 0 Å². The molecule has 1 fully saturated rings. The minimum atomic E-state index is 0.111. The van der Waals surface area contributed by atoms with Crippen LogP contribution in [-0.4, -0.2) is 23.9 Å². The van der Waals surface area contributed by atoms with Gasteiger partial charge < -0.3 is 15.8 Å². The van der Waals surface area contributed by atoms with Crippen molar-refractivity contribution in [2.24, 2.45) is 0 Å². The van der Waals surface area contributed by atoms with Gasteiger partial charge in [-0.2, -0.15) is 0 Å². The molecule has 3 aromatic carbocycles. The minimum absolute atomic E-state index is 0.111. The number of hydrogen-bond acceptors (Lipinski definition) is 4. The van der Waals surface area contributed by atoms with Crippen LogP contribution in [0, 0.1) is 13.8 Å². The molecule has 0 aromatic heterocycles. The third-order valence-corrected chi connectivity index (χ3v) is 6.74. The summed E-state index contributed by atoms with van der Waals surface area (Å²) < 4.78 is 0. The summed E-state index contributed by atoms with van der Waals surface area (Å²) in [5, 5.41) is 0. The molecule has 0 saturated carbocycles. The normalized spacial score (nSPS) is 15.9. The predicted molar refractivity (Wildman–Crippen MR) is 126 cm³/mol. The van der Waals surface area contributed by atoms with Crippen molar-refractivity contribution < 1.29 is 4.79 Å². The third-order valence-electron chi connectivity index (χ3n) is 6.74. The van der Waals surface area contributed by atoms with Crippen LogP contribution in [0.1, 0.15) is 45.8 Å². The number of hydrazine groups is 2. The van der Waals surface area contributed by atoms with Gasteiger partial charge in [-0.1, -0.05) is 42.5 Å². The molecule has 3 N–H and O–H groups in total. The van der Waals surface area contributed by atoms with Crippen LogP contribution >= 0.6 is 0 Å². The van der Waals surface area contributed by atoms with Gasteiger partial charge >= 0.3 is 0 Å². The zero-order chi connectivity index (χ0) is 21.4. The van der Waals surface area contributed by atoms with Gasteiger partial charge in [0, 0.05) is 18.7 Å². The standard InChI is InChI=1S/C26H28N4O/c1-17-4-3-5-23(18(17)2)21-8-6-19(7-9-21)20-12-14-30(15-13-20)26(31)22-10-11-24-25(16-22)28-29-27-24/h3-11,16,20,27-29H,12-15H2,1-2H3. The SMILES string of the molecule is Cc1cccc(-c2ccc(C3CCN(C(=O)c4ccc5c(c4)NNN5)CC3)cc2)c1C. The summed E-state index contributed by atoms with van der Waals surface area (Å²) in [6.45, 7) is 5.94. The Morgan fingerprint density at radius 3 is 2.42 bits per heavy atom. The van der Waals surface area contributed by atoms with E-state index in [9.17, 15) is 4.79 Å². The molecule has 5 nitrogen and oxygen atoms in total. The van der Waals surface area contributed by atoms with Crippen molar-refractivity contribution in [1.29, 1.82) is 0 Å². The Morgan fingerprint density at radius 2 is 1.65 bits per heavy atom. The fraction of sp³-hybridized carbons (Fsp3) is 0.269. The van der Waals surface area contributed by atoms with Gasteiger partial charge in [-0.3, -0.25) is 4.79 Å². The Bertz CT molecular complexity index is 1110. The second-order valence-corrected chi connectivity index (χ2v) is 8.57. The van der Waals surface area contributed by atoms with Crippen LogP contribution in [0.25, 0.3) is 11.1 Å². The van der Waals surface area contributed by atoms with E-state index in [-0.39, 0.29) is 5.91 Å². The molecule has 0 bridgehead atoms. The summed E-state index contributed by atoms with van der Waals surface area (Å²) in [6.07, 6.45) is 2.00. The van der Waals surface area contributed by atoms with Gasteiger partial charge in [-0.05, 0) is 78.6 Å². The maximum atomic E-state index is 13.0. The van der Waals surface area contributed by atoms with E-state index in [4.69, 9.17) is 0 Å². The summed E-state index contributed by atoms with van der Waals surface area (Å²) in [4.78, 5) is 14.9. The molecule has 5 rings (SSSR count). The van der Waals surface area contributed by atoms with Gasteiger partial charge in [0.2, 0.25) is 0 Å². The van der Waals surface area contributed by atoms with Crippen molar-refractivity contribution in [3.63, 3.8) is 0 Å². The van der Waals surface area contributed by atoms with Crippen LogP contribution in [0.5, 0.6) is 0 Å². The number of amides is 1. The number of carbonyl (C=O) groups is 1. The number of nitrogens with one attached hydrogen (secondary N) is 3. The first kappa shape index (κ1) is 19.6. The lowest BCUT2D eigenvalue weighted by atomic mass is 9.87. The van der Waals surface area contributed by atoms with E-state index in [1.807, 2.05) is 23.1 Å². The monoisotopic (exact) mass is 412 g/mol. The van der Waals surface area contributed by atoms with E-state index in [1.54, 1.807) is 0 Å². The van der Waals surface area contributed by atoms with Crippen molar-refractivity contribution in [2.75, 3.05) is 23.9 Å². The molecule has 0 spiro atoms. The molecule has 2 aliphatic rings. The van der Waals surface area contributed by atoms with Gasteiger partial charge in [0.15, 0.2) is 0 Å². The van der Waals surface area contributed by atoms with E-state index in [1.165, 1.54) is 27.8 Å². The predicted octanol–water partition coefficient (Wildman–Crippen LogP) is 5.25. The molecule has 2 aliphatic heterocycles. The van der Waals surface area contributed by atoms with Crippen molar-refractivity contribution >= 4 is 17.3 Å².